The van der Waals surface area contributed by atoms with Gasteiger partial charge in [0.25, 0.3) is 0 Å². The molecule has 1 fully saturated rings. The van der Waals surface area contributed by atoms with Crippen molar-refractivity contribution < 1.29 is 14.3 Å². The third-order valence-corrected chi connectivity index (χ3v) is 4.00. The van der Waals surface area contributed by atoms with Gasteiger partial charge in [-0.2, -0.15) is 0 Å². The van der Waals surface area contributed by atoms with Crippen LogP contribution in [0, 0.1) is 5.92 Å². The monoisotopic (exact) mass is 272 g/mol. The van der Waals surface area contributed by atoms with E-state index in [0.29, 0.717) is 19.1 Å². The van der Waals surface area contributed by atoms with Gasteiger partial charge in [0.2, 0.25) is 5.91 Å². The number of amides is 1. The maximum Gasteiger partial charge on any atom is 0.238 e. The average molecular weight is 272 g/mol. The first-order valence-corrected chi connectivity index (χ1v) is 7.29. The zero-order valence-electron chi connectivity index (χ0n) is 12.2. The number of hydrogen-bond acceptors (Lipinski definition) is 4. The Kier molecular flexibility index (Phi) is 7.34. The summed E-state index contributed by atoms with van der Waals surface area (Å²) in [5.41, 5.74) is 5.11. The van der Waals surface area contributed by atoms with Crippen LogP contribution in [0.5, 0.6) is 0 Å². The fourth-order valence-corrected chi connectivity index (χ4v) is 3.06. The molecule has 0 aliphatic heterocycles. The van der Waals surface area contributed by atoms with Gasteiger partial charge in [-0.15, -0.1) is 0 Å². The van der Waals surface area contributed by atoms with E-state index < -0.39 is 5.54 Å². The molecule has 19 heavy (non-hydrogen) atoms. The van der Waals surface area contributed by atoms with Crippen molar-refractivity contribution in [3.8, 4) is 0 Å². The summed E-state index contributed by atoms with van der Waals surface area (Å²) in [6.45, 7) is 4.92. The van der Waals surface area contributed by atoms with Crippen LogP contribution in [0.3, 0.4) is 0 Å². The van der Waals surface area contributed by atoms with E-state index in [4.69, 9.17) is 15.2 Å². The molecule has 0 spiro atoms. The van der Waals surface area contributed by atoms with Crippen LogP contribution in [-0.4, -0.2) is 44.9 Å². The molecule has 1 saturated carbocycles. The second-order valence-electron chi connectivity index (χ2n) is 5.20. The molecule has 0 aromatic carbocycles. The second-order valence-corrected chi connectivity index (χ2v) is 5.20. The highest BCUT2D eigenvalue weighted by Crippen LogP contribution is 2.37. The van der Waals surface area contributed by atoms with Crippen LogP contribution in [0.2, 0.25) is 0 Å². The van der Waals surface area contributed by atoms with Crippen molar-refractivity contribution in [1.29, 1.82) is 0 Å². The molecular formula is C14H28N2O3. The Hall–Kier alpha value is -0.650. The summed E-state index contributed by atoms with van der Waals surface area (Å²) >= 11 is 0. The van der Waals surface area contributed by atoms with E-state index in [0.717, 1.165) is 45.3 Å². The van der Waals surface area contributed by atoms with E-state index in [1.807, 2.05) is 6.92 Å². The molecule has 5 nitrogen and oxygen atoms in total. The van der Waals surface area contributed by atoms with Crippen LogP contribution in [0.1, 0.15) is 39.0 Å². The van der Waals surface area contributed by atoms with Crippen molar-refractivity contribution in [1.82, 2.24) is 5.32 Å². The van der Waals surface area contributed by atoms with Crippen molar-refractivity contribution in [2.45, 2.75) is 44.6 Å². The molecule has 1 aliphatic rings. The van der Waals surface area contributed by atoms with Crippen LogP contribution in [0.25, 0.3) is 0 Å². The molecule has 0 heterocycles. The fourth-order valence-electron chi connectivity index (χ4n) is 3.06. The Morgan fingerprint density at radius 3 is 2.84 bits per heavy atom. The molecule has 0 radical (unpaired) electrons. The predicted octanol–water partition coefficient (Wildman–Crippen LogP) is 1.06. The van der Waals surface area contributed by atoms with Crippen LogP contribution in [0.15, 0.2) is 0 Å². The van der Waals surface area contributed by atoms with E-state index in [1.165, 1.54) is 0 Å². The van der Waals surface area contributed by atoms with Gasteiger partial charge in [-0.05, 0) is 38.1 Å². The lowest BCUT2D eigenvalue weighted by Gasteiger charge is -2.33. The van der Waals surface area contributed by atoms with Crippen LogP contribution >= 0.6 is 0 Å². The van der Waals surface area contributed by atoms with Gasteiger partial charge < -0.3 is 20.5 Å². The number of carbonyl (C=O) groups excluding carboxylic acids is 1. The first-order valence-electron chi connectivity index (χ1n) is 7.29. The summed E-state index contributed by atoms with van der Waals surface area (Å²) in [6, 6.07) is 0. The number of ether oxygens (including phenoxy) is 2. The Labute approximate surface area is 116 Å². The summed E-state index contributed by atoms with van der Waals surface area (Å²) in [4.78, 5) is 11.8. The number of carbonyl (C=O) groups is 1. The minimum atomic E-state index is -0.509. The summed E-state index contributed by atoms with van der Waals surface area (Å²) < 4.78 is 10.6. The maximum absolute atomic E-state index is 11.8. The molecule has 5 heteroatoms. The van der Waals surface area contributed by atoms with E-state index in [9.17, 15) is 4.79 Å². The van der Waals surface area contributed by atoms with Gasteiger partial charge in [-0.3, -0.25) is 4.79 Å². The predicted molar refractivity (Wildman–Crippen MR) is 74.9 cm³/mol. The Morgan fingerprint density at radius 1 is 1.42 bits per heavy atom. The zero-order chi connectivity index (χ0) is 14.1. The molecule has 0 aromatic rings. The van der Waals surface area contributed by atoms with Crippen LogP contribution in [-0.2, 0) is 14.3 Å². The smallest absolute Gasteiger partial charge is 0.238 e. The van der Waals surface area contributed by atoms with Crippen molar-refractivity contribution in [3.05, 3.63) is 0 Å². The molecule has 2 unspecified atom stereocenters. The fraction of sp³-hybridized carbons (Fsp3) is 0.929. The van der Waals surface area contributed by atoms with Gasteiger partial charge >= 0.3 is 0 Å². The van der Waals surface area contributed by atoms with Gasteiger partial charge in [0.1, 0.15) is 5.54 Å². The molecule has 1 aliphatic carbocycles. The first kappa shape index (κ1) is 16.4. The molecular weight excluding hydrogens is 244 g/mol. The lowest BCUT2D eigenvalue weighted by Crippen LogP contribution is -2.58. The zero-order valence-corrected chi connectivity index (χ0v) is 12.2. The lowest BCUT2D eigenvalue weighted by atomic mass is 9.84. The van der Waals surface area contributed by atoms with Gasteiger partial charge in [-0.25, -0.2) is 0 Å². The van der Waals surface area contributed by atoms with Crippen molar-refractivity contribution in [2.24, 2.45) is 11.7 Å². The Balaban J connectivity index is 2.36. The third-order valence-electron chi connectivity index (χ3n) is 4.00. The number of primary amides is 1. The van der Waals surface area contributed by atoms with Crippen LogP contribution < -0.4 is 11.1 Å². The molecule has 1 amide bonds. The molecule has 1 rings (SSSR count). The van der Waals surface area contributed by atoms with Crippen molar-refractivity contribution >= 4 is 5.91 Å². The molecule has 112 valence electrons. The highest BCUT2D eigenvalue weighted by molar-refractivity contribution is 5.85. The second kappa shape index (κ2) is 8.51. The summed E-state index contributed by atoms with van der Waals surface area (Å²) in [5.74, 6) is 0.0867. The normalized spacial score (nSPS) is 26.7. The summed E-state index contributed by atoms with van der Waals surface area (Å²) in [5, 5.41) is 3.32. The molecule has 0 saturated heterocycles. The van der Waals surface area contributed by atoms with E-state index in [1.54, 1.807) is 7.11 Å². The number of likely N-dealkylation sites (N-methyl/N-ethyl adjacent to an activating group) is 1. The first-order chi connectivity index (χ1) is 9.17. The van der Waals surface area contributed by atoms with Gasteiger partial charge in [0, 0.05) is 26.9 Å². The van der Waals surface area contributed by atoms with Gasteiger partial charge in [0.05, 0.1) is 0 Å². The third kappa shape index (κ3) is 4.44. The minimum Gasteiger partial charge on any atom is -0.385 e. The van der Waals surface area contributed by atoms with Crippen LogP contribution in [0.4, 0.5) is 0 Å². The minimum absolute atomic E-state index is 0.212. The molecule has 2 atom stereocenters. The standard InChI is InChI=1S/C14H28N2O3/c1-3-16-14(13(15)17)8-4-6-12(14)7-11-19-10-5-9-18-2/h12,16H,3-11H2,1-2H3,(H2,15,17). The van der Waals surface area contributed by atoms with Gasteiger partial charge in [-0.1, -0.05) is 13.3 Å². The number of methoxy groups -OCH3 is 1. The quantitative estimate of drug-likeness (QED) is 0.583. The van der Waals surface area contributed by atoms with E-state index in [-0.39, 0.29) is 5.91 Å². The highest BCUT2D eigenvalue weighted by atomic mass is 16.5. The van der Waals surface area contributed by atoms with Crippen molar-refractivity contribution in [3.63, 3.8) is 0 Å². The average Bonchev–Trinajstić information content (AvgIpc) is 2.78. The van der Waals surface area contributed by atoms with E-state index >= 15 is 0 Å². The van der Waals surface area contributed by atoms with Crippen molar-refractivity contribution in [2.75, 3.05) is 33.5 Å². The summed E-state index contributed by atoms with van der Waals surface area (Å²) in [6.07, 6.45) is 4.77. The van der Waals surface area contributed by atoms with Gasteiger partial charge in [0.15, 0.2) is 0 Å². The SMILES string of the molecule is CCNC1(C(N)=O)CCCC1CCOCCCOC. The number of rotatable bonds is 10. The highest BCUT2D eigenvalue weighted by Gasteiger charge is 2.46. The Morgan fingerprint density at radius 2 is 2.21 bits per heavy atom. The molecule has 0 aromatic heterocycles. The maximum atomic E-state index is 11.8. The lowest BCUT2D eigenvalue weighted by molar-refractivity contribution is -0.126. The number of hydrogen-bond donors (Lipinski definition) is 2. The summed E-state index contributed by atoms with van der Waals surface area (Å²) in [7, 11) is 1.69. The molecule has 3 N–H and O–H groups in total. The number of nitrogens with one attached hydrogen (secondary N) is 1. The topological polar surface area (TPSA) is 73.6 Å². The Bertz CT molecular complexity index is 273. The largest absolute Gasteiger partial charge is 0.385 e. The molecule has 0 bridgehead atoms. The van der Waals surface area contributed by atoms with E-state index in [2.05, 4.69) is 5.32 Å². The number of nitrogens with two attached hydrogens (primary N) is 1.